The van der Waals surface area contributed by atoms with Crippen molar-refractivity contribution in [1.29, 1.82) is 0 Å². The lowest BCUT2D eigenvalue weighted by molar-refractivity contribution is 0.177. The molecule has 2 aliphatic rings. The molecule has 1 aromatic carbocycles. The Bertz CT molecular complexity index is 1270. The van der Waals surface area contributed by atoms with Crippen LogP contribution in [0.25, 0.3) is 0 Å². The van der Waals surface area contributed by atoms with Gasteiger partial charge in [0.25, 0.3) is 0 Å². The Morgan fingerprint density at radius 2 is 1.83 bits per heavy atom. The molecule has 2 atom stereocenters. The third-order valence-electron chi connectivity index (χ3n) is 7.03. The third-order valence-corrected chi connectivity index (χ3v) is 9.34. The second-order valence-electron chi connectivity index (χ2n) is 10.4. The topological polar surface area (TPSA) is 80.2 Å². The number of nitrogens with zero attached hydrogens (tertiary/aromatic N) is 4. The van der Waals surface area contributed by atoms with Crippen LogP contribution in [0.3, 0.4) is 0 Å². The van der Waals surface area contributed by atoms with E-state index in [2.05, 4.69) is 48.8 Å². The second-order valence-corrected chi connectivity index (χ2v) is 13.1. The molecule has 10 heteroatoms. The second kappa shape index (κ2) is 9.89. The quantitative estimate of drug-likeness (QED) is 0.401. The first kappa shape index (κ1) is 25.4. The fourth-order valence-electron chi connectivity index (χ4n) is 5.03. The Balaban J connectivity index is 1.29. The fraction of sp³-hybridized carbons (Fsp3) is 0.423. The maximum Gasteiger partial charge on any atom is 0.238 e. The molecule has 1 saturated heterocycles. The van der Waals surface area contributed by atoms with Gasteiger partial charge in [0.05, 0.1) is 34.2 Å². The molecule has 0 amide bonds. The minimum atomic E-state index is -1.15. The summed E-state index contributed by atoms with van der Waals surface area (Å²) in [5.74, 6) is 1.51. The van der Waals surface area contributed by atoms with Crippen molar-refractivity contribution in [3.8, 4) is 11.6 Å². The Kier molecular flexibility index (Phi) is 6.98. The lowest BCUT2D eigenvalue weighted by Crippen LogP contribution is -2.48. The summed E-state index contributed by atoms with van der Waals surface area (Å²) in [5.41, 5.74) is 2.65. The van der Waals surface area contributed by atoms with Crippen LogP contribution in [0.15, 0.2) is 48.9 Å². The van der Waals surface area contributed by atoms with E-state index in [1.807, 2.05) is 20.8 Å². The van der Waals surface area contributed by atoms with Crippen molar-refractivity contribution in [3.05, 3.63) is 70.2 Å². The zero-order valence-electron chi connectivity index (χ0n) is 20.5. The van der Waals surface area contributed by atoms with Crippen LogP contribution in [0.2, 0.25) is 10.2 Å². The predicted octanol–water partition coefficient (Wildman–Crippen LogP) is 5.91. The molecule has 0 saturated carbocycles. The number of benzene rings is 1. The van der Waals surface area contributed by atoms with Gasteiger partial charge >= 0.3 is 0 Å². The molecule has 1 unspecified atom stereocenters. The van der Waals surface area contributed by atoms with Gasteiger partial charge in [0.1, 0.15) is 10.8 Å². The predicted molar refractivity (Wildman–Crippen MR) is 144 cm³/mol. The van der Waals surface area contributed by atoms with Crippen molar-refractivity contribution in [2.24, 2.45) is 5.41 Å². The molecule has 36 heavy (non-hydrogen) atoms. The van der Waals surface area contributed by atoms with E-state index in [0.717, 1.165) is 38.2 Å². The first-order valence-electron chi connectivity index (χ1n) is 12.0. The van der Waals surface area contributed by atoms with E-state index in [4.69, 9.17) is 27.9 Å². The lowest BCUT2D eigenvalue weighted by atomic mass is 9.73. The van der Waals surface area contributed by atoms with Crippen LogP contribution >= 0.6 is 23.2 Å². The molecule has 3 aromatic rings. The lowest BCUT2D eigenvalue weighted by Gasteiger charge is -2.44. The number of piperidine rings is 1. The number of aromatic nitrogens is 3. The molecule has 7 nitrogen and oxygen atoms in total. The van der Waals surface area contributed by atoms with E-state index in [0.29, 0.717) is 11.6 Å². The van der Waals surface area contributed by atoms with Crippen molar-refractivity contribution in [2.45, 2.75) is 50.8 Å². The number of ether oxygens (including phenoxy) is 1. The van der Waals surface area contributed by atoms with E-state index in [-0.39, 0.29) is 26.4 Å². The number of hydrogen-bond donors (Lipinski definition) is 1. The third kappa shape index (κ3) is 4.96. The summed E-state index contributed by atoms with van der Waals surface area (Å²) in [6.07, 6.45) is 7.75. The van der Waals surface area contributed by atoms with Crippen LogP contribution in [0, 0.1) is 5.41 Å². The average molecular weight is 547 g/mol. The van der Waals surface area contributed by atoms with E-state index in [1.165, 1.54) is 17.3 Å². The molecule has 1 spiro atoms. The van der Waals surface area contributed by atoms with Crippen LogP contribution in [-0.4, -0.2) is 37.0 Å². The van der Waals surface area contributed by atoms with Crippen molar-refractivity contribution < 1.29 is 8.95 Å². The standard InChI is InChI=1S/C26H29Cl2N5O2S/c1-25(2,3)36(34)32-23-18-7-5-4-6-17(18)14-26(23)9-12-33(13-10-26)20-15-31-21(16-30-20)35-19-8-11-29-24(28)22(19)27/h4-8,11,15-16,23,32H,9-10,12-14H2,1-3H3/t23-,36?/m1/s1. The van der Waals surface area contributed by atoms with Gasteiger partial charge in [0, 0.05) is 25.4 Å². The van der Waals surface area contributed by atoms with E-state index < -0.39 is 11.0 Å². The number of hydrogen-bond acceptors (Lipinski definition) is 6. The Morgan fingerprint density at radius 3 is 2.53 bits per heavy atom. The summed E-state index contributed by atoms with van der Waals surface area (Å²) in [6.45, 7) is 7.71. The molecule has 0 radical (unpaired) electrons. The summed E-state index contributed by atoms with van der Waals surface area (Å²) >= 11 is 12.1. The van der Waals surface area contributed by atoms with Crippen LogP contribution in [0.5, 0.6) is 11.6 Å². The Hall–Kier alpha value is -2.26. The van der Waals surface area contributed by atoms with E-state index in [9.17, 15) is 4.21 Å². The number of halogens is 2. The summed E-state index contributed by atoms with van der Waals surface area (Å²) in [6, 6.07) is 10.3. The highest BCUT2D eigenvalue weighted by Gasteiger charge is 2.48. The molecule has 0 bridgehead atoms. The summed E-state index contributed by atoms with van der Waals surface area (Å²) in [5, 5.41) is 0.411. The number of pyridine rings is 1. The maximum absolute atomic E-state index is 13.1. The average Bonchev–Trinajstić information content (AvgIpc) is 3.15. The van der Waals surface area contributed by atoms with Gasteiger partial charge < -0.3 is 9.64 Å². The van der Waals surface area contributed by atoms with Gasteiger partial charge in [-0.25, -0.2) is 23.9 Å². The largest absolute Gasteiger partial charge is 0.436 e. The van der Waals surface area contributed by atoms with Gasteiger partial charge in [-0.3, -0.25) is 0 Å². The number of anilines is 1. The van der Waals surface area contributed by atoms with E-state index >= 15 is 0 Å². The molecule has 5 rings (SSSR count). The summed E-state index contributed by atoms with van der Waals surface area (Å²) < 4.78 is 22.0. The van der Waals surface area contributed by atoms with E-state index in [1.54, 1.807) is 18.5 Å². The van der Waals surface area contributed by atoms with Crippen molar-refractivity contribution in [1.82, 2.24) is 19.7 Å². The minimum absolute atomic E-state index is 0.0228. The van der Waals surface area contributed by atoms with Crippen molar-refractivity contribution in [2.75, 3.05) is 18.0 Å². The van der Waals surface area contributed by atoms with Gasteiger partial charge in [0.15, 0.2) is 10.9 Å². The zero-order valence-corrected chi connectivity index (χ0v) is 22.8. The molecular formula is C26H29Cl2N5O2S. The van der Waals surface area contributed by atoms with Crippen molar-refractivity contribution >= 4 is 40.0 Å². The monoisotopic (exact) mass is 545 g/mol. The van der Waals surface area contributed by atoms with Crippen LogP contribution in [-0.2, 0) is 17.4 Å². The molecule has 1 aliphatic heterocycles. The van der Waals surface area contributed by atoms with Crippen LogP contribution in [0.1, 0.15) is 50.8 Å². The SMILES string of the molecule is CC(C)(C)S(=O)N[C@@H]1c2ccccc2CC12CCN(c1cnc(Oc3ccnc(Cl)c3Cl)cn1)CC2. The number of fused-ring (bicyclic) bond motifs is 1. The minimum Gasteiger partial charge on any atom is -0.436 e. The number of rotatable bonds is 5. The van der Waals surface area contributed by atoms with Gasteiger partial charge in [-0.05, 0) is 56.6 Å². The van der Waals surface area contributed by atoms with Gasteiger partial charge in [-0.2, -0.15) is 0 Å². The molecular weight excluding hydrogens is 517 g/mol. The van der Waals surface area contributed by atoms with Gasteiger partial charge in [-0.15, -0.1) is 0 Å². The summed E-state index contributed by atoms with van der Waals surface area (Å²) in [7, 11) is -1.15. The zero-order chi connectivity index (χ0) is 25.5. The fourth-order valence-corrected chi connectivity index (χ4v) is 6.27. The van der Waals surface area contributed by atoms with Gasteiger partial charge in [0.2, 0.25) is 5.88 Å². The molecule has 3 heterocycles. The molecule has 1 N–H and O–H groups in total. The smallest absolute Gasteiger partial charge is 0.238 e. The molecule has 1 fully saturated rings. The van der Waals surface area contributed by atoms with Crippen LogP contribution in [0.4, 0.5) is 5.82 Å². The Morgan fingerprint density at radius 1 is 1.08 bits per heavy atom. The Labute approximate surface area is 224 Å². The normalized spacial score (nSPS) is 19.8. The highest BCUT2D eigenvalue weighted by atomic mass is 35.5. The first-order chi connectivity index (χ1) is 17.2. The number of nitrogens with one attached hydrogen (secondary N) is 1. The van der Waals surface area contributed by atoms with Gasteiger partial charge in [-0.1, -0.05) is 47.5 Å². The highest BCUT2D eigenvalue weighted by Crippen LogP contribution is 2.52. The summed E-state index contributed by atoms with van der Waals surface area (Å²) in [4.78, 5) is 15.2. The molecule has 1 aliphatic carbocycles. The van der Waals surface area contributed by atoms with Crippen LogP contribution < -0.4 is 14.4 Å². The molecule has 190 valence electrons. The van der Waals surface area contributed by atoms with Crippen molar-refractivity contribution in [3.63, 3.8) is 0 Å². The highest BCUT2D eigenvalue weighted by molar-refractivity contribution is 7.84. The molecule has 2 aromatic heterocycles. The first-order valence-corrected chi connectivity index (χ1v) is 13.9. The maximum atomic E-state index is 13.1.